The van der Waals surface area contributed by atoms with Crippen molar-refractivity contribution >= 4 is 28.0 Å². The lowest BCUT2D eigenvalue weighted by atomic mass is 10.2. The van der Waals surface area contributed by atoms with E-state index in [4.69, 9.17) is 9.47 Å². The molecule has 0 aromatic carbocycles. The molecule has 0 N–H and O–H groups in total. The number of imide groups is 1. The van der Waals surface area contributed by atoms with E-state index in [-0.39, 0.29) is 18.7 Å². The topological polar surface area (TPSA) is 109 Å². The van der Waals surface area contributed by atoms with Gasteiger partial charge in [-0.15, -0.1) is 0 Å². The fourth-order valence-electron chi connectivity index (χ4n) is 3.16. The standard InChI is InChI=1S/C22H36N4O6S/c1-21(2,3)31-19(27)26(20(28)32-22(4,5)6)12-9-17-33(29,30)25-15-13-24(14-16-25)18-10-7-8-11-23-18/h7-8,10-11H,9,12-17H2,1-6H3. The molecule has 1 aliphatic heterocycles. The van der Waals surface area contributed by atoms with Gasteiger partial charge in [0, 0.05) is 38.9 Å². The molecule has 2 heterocycles. The van der Waals surface area contributed by atoms with Crippen LogP contribution in [0.5, 0.6) is 0 Å². The maximum atomic E-state index is 12.8. The van der Waals surface area contributed by atoms with E-state index in [0.29, 0.717) is 26.2 Å². The molecule has 2 rings (SSSR count). The fourth-order valence-corrected chi connectivity index (χ4v) is 4.63. The van der Waals surface area contributed by atoms with Gasteiger partial charge in [-0.05, 0) is 60.1 Å². The number of piperazine rings is 1. The highest BCUT2D eigenvalue weighted by Crippen LogP contribution is 2.17. The van der Waals surface area contributed by atoms with Gasteiger partial charge in [0.1, 0.15) is 17.0 Å². The van der Waals surface area contributed by atoms with Crippen LogP contribution in [0.2, 0.25) is 0 Å². The van der Waals surface area contributed by atoms with Crippen molar-refractivity contribution in [3.05, 3.63) is 24.4 Å². The molecule has 0 atom stereocenters. The molecule has 0 spiro atoms. The van der Waals surface area contributed by atoms with Crippen molar-refractivity contribution in [2.45, 2.75) is 59.2 Å². The maximum Gasteiger partial charge on any atom is 0.419 e. The Kier molecular flexibility index (Phi) is 8.69. The number of carbonyl (C=O) groups is 2. The Balaban J connectivity index is 1.95. The molecule has 1 fully saturated rings. The maximum absolute atomic E-state index is 12.8. The molecule has 1 aromatic rings. The first-order valence-electron chi connectivity index (χ1n) is 11.1. The van der Waals surface area contributed by atoms with Crippen LogP contribution in [0.1, 0.15) is 48.0 Å². The zero-order valence-corrected chi connectivity index (χ0v) is 21.2. The zero-order valence-electron chi connectivity index (χ0n) is 20.4. The minimum absolute atomic E-state index is 0.0707. The second kappa shape index (κ2) is 10.7. The number of hydrogen-bond acceptors (Lipinski definition) is 8. The summed E-state index contributed by atoms with van der Waals surface area (Å²) in [4.78, 5) is 32.3. The van der Waals surface area contributed by atoms with Crippen molar-refractivity contribution in [1.29, 1.82) is 0 Å². The minimum Gasteiger partial charge on any atom is -0.443 e. The average Bonchev–Trinajstić information content (AvgIpc) is 2.69. The predicted molar refractivity (Wildman–Crippen MR) is 126 cm³/mol. The number of nitrogens with zero attached hydrogens (tertiary/aromatic N) is 4. The first-order chi connectivity index (χ1) is 15.2. The van der Waals surface area contributed by atoms with Gasteiger partial charge in [-0.1, -0.05) is 6.07 Å². The molecule has 0 bridgehead atoms. The van der Waals surface area contributed by atoms with E-state index in [1.807, 2.05) is 23.1 Å². The van der Waals surface area contributed by atoms with E-state index in [9.17, 15) is 18.0 Å². The first kappa shape index (κ1) is 26.8. The molecule has 33 heavy (non-hydrogen) atoms. The number of rotatable bonds is 6. The first-order valence-corrected chi connectivity index (χ1v) is 12.7. The van der Waals surface area contributed by atoms with E-state index in [1.54, 1.807) is 47.7 Å². The Morgan fingerprint density at radius 1 is 0.970 bits per heavy atom. The molecule has 11 heteroatoms. The van der Waals surface area contributed by atoms with Crippen LogP contribution in [0.25, 0.3) is 0 Å². The van der Waals surface area contributed by atoms with Crippen LogP contribution in [0.4, 0.5) is 15.4 Å². The number of amides is 2. The number of hydrogen-bond donors (Lipinski definition) is 0. The van der Waals surface area contributed by atoms with E-state index >= 15 is 0 Å². The van der Waals surface area contributed by atoms with Gasteiger partial charge in [-0.3, -0.25) is 0 Å². The van der Waals surface area contributed by atoms with Crippen LogP contribution in [0, 0.1) is 0 Å². The monoisotopic (exact) mass is 484 g/mol. The molecule has 0 radical (unpaired) electrons. The number of ether oxygens (including phenoxy) is 2. The van der Waals surface area contributed by atoms with Crippen molar-refractivity contribution < 1.29 is 27.5 Å². The molecule has 0 unspecified atom stereocenters. The van der Waals surface area contributed by atoms with E-state index in [2.05, 4.69) is 4.98 Å². The lowest BCUT2D eigenvalue weighted by Gasteiger charge is -2.34. The quantitative estimate of drug-likeness (QED) is 0.606. The fraction of sp³-hybridized carbons (Fsp3) is 0.682. The van der Waals surface area contributed by atoms with Crippen molar-refractivity contribution in [2.24, 2.45) is 0 Å². The van der Waals surface area contributed by atoms with Gasteiger partial charge in [0.05, 0.1) is 5.75 Å². The molecule has 0 aliphatic carbocycles. The van der Waals surface area contributed by atoms with Crippen LogP contribution in [-0.2, 0) is 19.5 Å². The summed E-state index contributed by atoms with van der Waals surface area (Å²) >= 11 is 0. The van der Waals surface area contributed by atoms with Gasteiger partial charge >= 0.3 is 12.2 Å². The van der Waals surface area contributed by atoms with Gasteiger partial charge in [0.2, 0.25) is 10.0 Å². The molecule has 10 nitrogen and oxygen atoms in total. The Morgan fingerprint density at radius 3 is 1.97 bits per heavy atom. The summed E-state index contributed by atoms with van der Waals surface area (Å²) in [6.07, 6.45) is 0.0529. The summed E-state index contributed by atoms with van der Waals surface area (Å²) in [5, 5.41) is 0. The SMILES string of the molecule is CC(C)(C)OC(=O)N(CCCS(=O)(=O)N1CCN(c2ccccn2)CC1)C(=O)OC(C)(C)C. The third-order valence-electron chi connectivity index (χ3n) is 4.62. The normalized spacial score (nSPS) is 15.8. The number of carbonyl (C=O) groups excluding carboxylic acids is 2. The molecular weight excluding hydrogens is 448 g/mol. The number of anilines is 1. The van der Waals surface area contributed by atoms with Crippen LogP contribution in [-0.4, -0.2) is 84.5 Å². The van der Waals surface area contributed by atoms with Gasteiger partial charge in [0.15, 0.2) is 0 Å². The average molecular weight is 485 g/mol. The Bertz CT molecular complexity index is 873. The van der Waals surface area contributed by atoms with Crippen molar-refractivity contribution in [3.63, 3.8) is 0 Å². The predicted octanol–water partition coefficient (Wildman–Crippen LogP) is 3.10. The minimum atomic E-state index is -3.55. The van der Waals surface area contributed by atoms with E-state index in [0.717, 1.165) is 10.7 Å². The van der Waals surface area contributed by atoms with Gasteiger partial charge in [0.25, 0.3) is 0 Å². The second-order valence-electron chi connectivity index (χ2n) is 9.86. The molecule has 1 saturated heterocycles. The molecular formula is C22H36N4O6S. The molecule has 186 valence electrons. The van der Waals surface area contributed by atoms with Crippen LogP contribution in [0.3, 0.4) is 0 Å². The summed E-state index contributed by atoms with van der Waals surface area (Å²) in [7, 11) is -3.55. The van der Waals surface area contributed by atoms with Crippen molar-refractivity contribution in [3.8, 4) is 0 Å². The van der Waals surface area contributed by atoms with Crippen LogP contribution < -0.4 is 4.90 Å². The third kappa shape index (κ3) is 8.81. The molecule has 1 aliphatic rings. The van der Waals surface area contributed by atoms with Crippen LogP contribution in [0.15, 0.2) is 24.4 Å². The highest BCUT2D eigenvalue weighted by Gasteiger charge is 2.32. The summed E-state index contributed by atoms with van der Waals surface area (Å²) in [6, 6.07) is 5.63. The third-order valence-corrected chi connectivity index (χ3v) is 6.57. The van der Waals surface area contributed by atoms with E-state index < -0.39 is 33.4 Å². The number of aromatic nitrogens is 1. The van der Waals surface area contributed by atoms with Gasteiger partial charge < -0.3 is 14.4 Å². The summed E-state index contributed by atoms with van der Waals surface area (Å²) in [5.41, 5.74) is -1.62. The highest BCUT2D eigenvalue weighted by atomic mass is 32.2. The summed E-state index contributed by atoms with van der Waals surface area (Å²) in [5.74, 6) is 0.624. The summed E-state index contributed by atoms with van der Waals surface area (Å²) < 4.78 is 37.7. The van der Waals surface area contributed by atoms with Gasteiger partial charge in [-0.2, -0.15) is 4.31 Å². The molecule has 1 aromatic heterocycles. The number of pyridine rings is 1. The molecule has 0 saturated carbocycles. The second-order valence-corrected chi connectivity index (χ2v) is 11.9. The van der Waals surface area contributed by atoms with Crippen LogP contribution >= 0.6 is 0 Å². The molecule has 2 amide bonds. The largest absolute Gasteiger partial charge is 0.443 e. The number of sulfonamides is 1. The zero-order chi connectivity index (χ0) is 24.9. The van der Waals surface area contributed by atoms with E-state index in [1.165, 1.54) is 4.31 Å². The van der Waals surface area contributed by atoms with Crippen molar-refractivity contribution in [2.75, 3.05) is 43.4 Å². The lowest BCUT2D eigenvalue weighted by Crippen LogP contribution is -2.50. The Hall–Kier alpha value is -2.40. The van der Waals surface area contributed by atoms with Crippen molar-refractivity contribution in [1.82, 2.24) is 14.2 Å². The van der Waals surface area contributed by atoms with Gasteiger partial charge in [-0.25, -0.2) is 27.9 Å². The lowest BCUT2D eigenvalue weighted by molar-refractivity contribution is 0.00150. The smallest absolute Gasteiger partial charge is 0.419 e. The summed E-state index contributed by atoms with van der Waals surface area (Å²) in [6.45, 7) is 11.8. The Labute approximate surface area is 196 Å². The Morgan fingerprint density at radius 2 is 1.52 bits per heavy atom. The highest BCUT2D eigenvalue weighted by molar-refractivity contribution is 7.89.